The van der Waals surface area contributed by atoms with Gasteiger partial charge in [-0.1, -0.05) is 0 Å². The first kappa shape index (κ1) is 10.0. The summed E-state index contributed by atoms with van der Waals surface area (Å²) in [6.07, 6.45) is 1.30. The number of thioether (sulfide) groups is 1. The van der Waals surface area contributed by atoms with Crippen LogP contribution in [-0.4, -0.2) is 18.1 Å². The van der Waals surface area contributed by atoms with Gasteiger partial charge in [0.25, 0.3) is 0 Å². The van der Waals surface area contributed by atoms with Crippen LogP contribution in [0.15, 0.2) is 15.9 Å². The van der Waals surface area contributed by atoms with Crippen LogP contribution < -0.4 is 5.32 Å². The van der Waals surface area contributed by atoms with Gasteiger partial charge in [-0.2, -0.15) is 11.8 Å². The Balaban J connectivity index is 2.06. The monoisotopic (exact) mass is 277 g/mol. The Morgan fingerprint density at radius 2 is 2.46 bits per heavy atom. The Morgan fingerprint density at radius 3 is 3.23 bits per heavy atom. The summed E-state index contributed by atoms with van der Waals surface area (Å²) in [7, 11) is 0. The second-order valence-electron chi connectivity index (χ2n) is 3.10. The van der Waals surface area contributed by atoms with Crippen LogP contribution in [0.25, 0.3) is 0 Å². The highest BCUT2D eigenvalue weighted by Crippen LogP contribution is 2.29. The number of halogens is 1. The lowest BCUT2D eigenvalue weighted by Crippen LogP contribution is -2.21. The SMILES string of the molecule is Brc1csc(C2CSCCCN2)c1. The number of rotatable bonds is 1. The van der Waals surface area contributed by atoms with Crippen molar-refractivity contribution in [2.45, 2.75) is 12.5 Å². The van der Waals surface area contributed by atoms with Crippen molar-refractivity contribution in [3.8, 4) is 0 Å². The highest BCUT2D eigenvalue weighted by atomic mass is 79.9. The van der Waals surface area contributed by atoms with Gasteiger partial charge < -0.3 is 5.32 Å². The zero-order valence-corrected chi connectivity index (χ0v) is 10.5. The van der Waals surface area contributed by atoms with Crippen LogP contribution in [0.4, 0.5) is 0 Å². The topological polar surface area (TPSA) is 12.0 Å². The molecule has 1 atom stereocenters. The van der Waals surface area contributed by atoms with E-state index < -0.39 is 0 Å². The lowest BCUT2D eigenvalue weighted by atomic mass is 10.2. The molecule has 1 aliphatic heterocycles. The molecule has 13 heavy (non-hydrogen) atoms. The molecule has 72 valence electrons. The fourth-order valence-corrected chi connectivity index (χ4v) is 4.08. The molecule has 1 N–H and O–H groups in total. The molecule has 4 heteroatoms. The number of hydrogen-bond acceptors (Lipinski definition) is 3. The summed E-state index contributed by atoms with van der Waals surface area (Å²) >= 11 is 7.39. The summed E-state index contributed by atoms with van der Waals surface area (Å²) in [4.78, 5) is 1.46. The lowest BCUT2D eigenvalue weighted by molar-refractivity contribution is 0.597. The molecule has 0 aromatic carbocycles. The minimum absolute atomic E-state index is 0.573. The molecule has 1 unspecified atom stereocenters. The van der Waals surface area contributed by atoms with E-state index in [4.69, 9.17) is 0 Å². The molecule has 0 spiro atoms. The normalized spacial score (nSPS) is 24.2. The van der Waals surface area contributed by atoms with Gasteiger partial charge in [0.1, 0.15) is 0 Å². The van der Waals surface area contributed by atoms with E-state index in [1.165, 1.54) is 27.3 Å². The average molecular weight is 278 g/mol. The van der Waals surface area contributed by atoms with Gasteiger partial charge in [-0.15, -0.1) is 11.3 Å². The first-order valence-corrected chi connectivity index (χ1v) is 7.24. The van der Waals surface area contributed by atoms with Gasteiger partial charge in [0.05, 0.1) is 6.04 Å². The molecule has 1 aliphatic rings. The predicted octanol–water partition coefficient (Wildman–Crippen LogP) is 3.28. The fourth-order valence-electron chi connectivity index (χ4n) is 1.40. The molecule has 1 saturated heterocycles. The van der Waals surface area contributed by atoms with Gasteiger partial charge in [0.2, 0.25) is 0 Å². The van der Waals surface area contributed by atoms with E-state index in [0.29, 0.717) is 6.04 Å². The number of thiophene rings is 1. The van der Waals surface area contributed by atoms with Crippen LogP contribution >= 0.6 is 39.0 Å². The second-order valence-corrected chi connectivity index (χ2v) is 6.11. The molecular weight excluding hydrogens is 266 g/mol. The molecule has 2 heterocycles. The molecule has 0 bridgehead atoms. The van der Waals surface area contributed by atoms with Crippen LogP contribution in [0.1, 0.15) is 17.3 Å². The maximum absolute atomic E-state index is 3.58. The summed E-state index contributed by atoms with van der Waals surface area (Å²) in [5.41, 5.74) is 0. The van der Waals surface area contributed by atoms with Crippen molar-refractivity contribution in [1.82, 2.24) is 5.32 Å². The van der Waals surface area contributed by atoms with Crippen molar-refractivity contribution in [2.75, 3.05) is 18.1 Å². The first-order chi connectivity index (χ1) is 6.36. The smallest absolute Gasteiger partial charge is 0.0507 e. The van der Waals surface area contributed by atoms with E-state index in [-0.39, 0.29) is 0 Å². The van der Waals surface area contributed by atoms with Crippen molar-refractivity contribution in [3.05, 3.63) is 20.8 Å². The summed E-state index contributed by atoms with van der Waals surface area (Å²) < 4.78 is 1.21. The van der Waals surface area contributed by atoms with E-state index in [1.54, 1.807) is 0 Å². The summed E-state index contributed by atoms with van der Waals surface area (Å²) in [6, 6.07) is 2.80. The van der Waals surface area contributed by atoms with Gasteiger partial charge in [-0.25, -0.2) is 0 Å². The van der Waals surface area contributed by atoms with Crippen LogP contribution in [0.2, 0.25) is 0 Å². The Hall–Kier alpha value is 0.490. The molecule has 0 radical (unpaired) electrons. The molecule has 0 saturated carbocycles. The highest BCUT2D eigenvalue weighted by Gasteiger charge is 2.15. The highest BCUT2D eigenvalue weighted by molar-refractivity contribution is 9.10. The van der Waals surface area contributed by atoms with Crippen molar-refractivity contribution in [3.63, 3.8) is 0 Å². The van der Waals surface area contributed by atoms with Crippen LogP contribution in [0.3, 0.4) is 0 Å². The average Bonchev–Trinajstić information content (AvgIpc) is 2.43. The van der Waals surface area contributed by atoms with E-state index in [2.05, 4.69) is 44.5 Å². The quantitative estimate of drug-likeness (QED) is 0.846. The van der Waals surface area contributed by atoms with Crippen molar-refractivity contribution >= 4 is 39.0 Å². The fraction of sp³-hybridized carbons (Fsp3) is 0.556. The minimum atomic E-state index is 0.573. The van der Waals surface area contributed by atoms with Crippen LogP contribution in [-0.2, 0) is 0 Å². The van der Waals surface area contributed by atoms with Crippen molar-refractivity contribution in [1.29, 1.82) is 0 Å². The Kier molecular flexibility index (Phi) is 3.72. The molecule has 2 rings (SSSR count). The lowest BCUT2D eigenvalue weighted by Gasteiger charge is -2.12. The third-order valence-corrected chi connectivity index (χ3v) is 5.03. The van der Waals surface area contributed by atoms with E-state index in [0.717, 1.165) is 6.54 Å². The summed E-state index contributed by atoms with van der Waals surface area (Å²) in [6.45, 7) is 1.16. The molecule has 0 aliphatic carbocycles. The van der Waals surface area contributed by atoms with E-state index in [1.807, 2.05) is 11.3 Å². The third kappa shape index (κ3) is 2.72. The molecule has 1 aromatic rings. The zero-order valence-electron chi connectivity index (χ0n) is 7.25. The molecule has 0 amide bonds. The maximum Gasteiger partial charge on any atom is 0.0507 e. The summed E-state index contributed by atoms with van der Waals surface area (Å²) in [5, 5.41) is 5.74. The largest absolute Gasteiger partial charge is 0.309 e. The zero-order chi connectivity index (χ0) is 9.10. The van der Waals surface area contributed by atoms with Gasteiger partial charge in [-0.3, -0.25) is 0 Å². The van der Waals surface area contributed by atoms with E-state index in [9.17, 15) is 0 Å². The Labute approximate surface area is 95.4 Å². The molecule has 1 nitrogen and oxygen atoms in total. The van der Waals surface area contributed by atoms with Gasteiger partial charge in [-0.05, 0) is 40.7 Å². The molecular formula is C9H12BrNS2. The maximum atomic E-state index is 3.58. The standard InChI is InChI=1S/C9H12BrNS2/c10-7-4-9(13-5-7)8-6-12-3-1-2-11-8/h4-5,8,11H,1-3,6H2. The van der Waals surface area contributed by atoms with Gasteiger partial charge in [0, 0.05) is 20.5 Å². The Bertz CT molecular complexity index is 266. The predicted molar refractivity (Wildman–Crippen MR) is 64.7 cm³/mol. The van der Waals surface area contributed by atoms with Crippen LogP contribution in [0.5, 0.6) is 0 Å². The molecule has 1 fully saturated rings. The third-order valence-electron chi connectivity index (χ3n) is 2.07. The second kappa shape index (κ2) is 4.82. The van der Waals surface area contributed by atoms with Crippen molar-refractivity contribution in [2.24, 2.45) is 0 Å². The Morgan fingerprint density at radius 1 is 1.54 bits per heavy atom. The summed E-state index contributed by atoms with van der Waals surface area (Å²) in [5.74, 6) is 2.52. The first-order valence-electron chi connectivity index (χ1n) is 4.41. The molecule has 1 aromatic heterocycles. The number of nitrogens with one attached hydrogen (secondary N) is 1. The number of hydrogen-bond donors (Lipinski definition) is 1. The van der Waals surface area contributed by atoms with Gasteiger partial charge in [0.15, 0.2) is 0 Å². The van der Waals surface area contributed by atoms with Gasteiger partial charge >= 0.3 is 0 Å². The van der Waals surface area contributed by atoms with E-state index >= 15 is 0 Å². The minimum Gasteiger partial charge on any atom is -0.309 e. The van der Waals surface area contributed by atoms with Crippen LogP contribution in [0, 0.1) is 0 Å². The van der Waals surface area contributed by atoms with Crippen molar-refractivity contribution < 1.29 is 0 Å².